The highest BCUT2D eigenvalue weighted by Gasteiger charge is 2.28. The smallest absolute Gasteiger partial charge is 0.306 e. The summed E-state index contributed by atoms with van der Waals surface area (Å²) in [6.45, 7) is 0. The van der Waals surface area contributed by atoms with E-state index in [-0.39, 0.29) is 23.4 Å². The molecule has 0 bridgehead atoms. The lowest BCUT2D eigenvalue weighted by molar-refractivity contribution is -0.143. The van der Waals surface area contributed by atoms with Crippen molar-refractivity contribution in [2.45, 2.75) is 32.1 Å². The molecule has 1 fully saturated rings. The topological polar surface area (TPSA) is 54.4 Å². The molecule has 102 valence electrons. The van der Waals surface area contributed by atoms with Crippen molar-refractivity contribution in [3.8, 4) is 0 Å². The molecule has 1 N–H and O–H groups in total. The Morgan fingerprint density at radius 3 is 2.53 bits per heavy atom. The number of aliphatic carboxylic acids is 1. The summed E-state index contributed by atoms with van der Waals surface area (Å²) in [5.74, 6) is -1.35. The van der Waals surface area contributed by atoms with Gasteiger partial charge in [0.2, 0.25) is 0 Å². The van der Waals surface area contributed by atoms with Gasteiger partial charge >= 0.3 is 5.97 Å². The normalized spacial score (nSPS) is 23.0. The molecule has 2 rings (SSSR count). The number of halogens is 1. The minimum atomic E-state index is -0.765. The van der Waals surface area contributed by atoms with Gasteiger partial charge < -0.3 is 5.11 Å². The standard InChI is InChI=1S/C15H17FO3/c16-13-6-4-11(5-7-13)14(17)9-10-2-1-3-12(8-10)15(18)19/h4-7,10,12H,1-3,8-9H2,(H,18,19). The van der Waals surface area contributed by atoms with Crippen LogP contribution in [0.25, 0.3) is 0 Å². The second kappa shape index (κ2) is 5.95. The number of Topliss-reactive ketones (excluding diaryl/α,β-unsaturated/α-hetero) is 1. The number of rotatable bonds is 4. The number of carboxylic acid groups (broad SMARTS) is 1. The van der Waals surface area contributed by atoms with E-state index in [4.69, 9.17) is 5.11 Å². The molecule has 0 aliphatic heterocycles. The molecule has 0 heterocycles. The Morgan fingerprint density at radius 1 is 1.21 bits per heavy atom. The lowest BCUT2D eigenvalue weighted by atomic mass is 9.78. The Balaban J connectivity index is 1.95. The molecule has 0 spiro atoms. The molecule has 4 heteroatoms. The van der Waals surface area contributed by atoms with Crippen molar-refractivity contribution in [3.63, 3.8) is 0 Å². The predicted octanol–water partition coefficient (Wildman–Crippen LogP) is 3.29. The first kappa shape index (κ1) is 13.7. The largest absolute Gasteiger partial charge is 0.481 e. The summed E-state index contributed by atoms with van der Waals surface area (Å²) in [7, 11) is 0. The minimum absolute atomic E-state index is 0.0314. The van der Waals surface area contributed by atoms with Crippen molar-refractivity contribution in [2.24, 2.45) is 11.8 Å². The van der Waals surface area contributed by atoms with Gasteiger partial charge in [-0.3, -0.25) is 9.59 Å². The van der Waals surface area contributed by atoms with Crippen molar-refractivity contribution >= 4 is 11.8 Å². The summed E-state index contributed by atoms with van der Waals surface area (Å²) < 4.78 is 12.8. The van der Waals surface area contributed by atoms with Crippen LogP contribution in [0.15, 0.2) is 24.3 Å². The third-order valence-electron chi connectivity index (χ3n) is 3.77. The summed E-state index contributed by atoms with van der Waals surface area (Å²) in [6.07, 6.45) is 3.39. The van der Waals surface area contributed by atoms with E-state index in [0.29, 0.717) is 24.8 Å². The summed E-state index contributed by atoms with van der Waals surface area (Å²) in [6, 6.07) is 5.51. The zero-order chi connectivity index (χ0) is 13.8. The van der Waals surface area contributed by atoms with Crippen molar-refractivity contribution in [3.05, 3.63) is 35.6 Å². The summed E-state index contributed by atoms with van der Waals surface area (Å²) in [5.41, 5.74) is 0.499. The van der Waals surface area contributed by atoms with Gasteiger partial charge in [-0.2, -0.15) is 0 Å². The van der Waals surface area contributed by atoms with Crippen LogP contribution in [0.3, 0.4) is 0 Å². The van der Waals surface area contributed by atoms with Crippen LogP contribution < -0.4 is 0 Å². The molecule has 0 aromatic heterocycles. The number of ketones is 1. The van der Waals surface area contributed by atoms with Gasteiger partial charge in [0.15, 0.2) is 5.78 Å². The molecule has 1 aromatic rings. The van der Waals surface area contributed by atoms with Gasteiger partial charge in [0.25, 0.3) is 0 Å². The average Bonchev–Trinajstić information content (AvgIpc) is 2.39. The Morgan fingerprint density at radius 2 is 1.89 bits per heavy atom. The van der Waals surface area contributed by atoms with Crippen LogP contribution in [0, 0.1) is 17.7 Å². The zero-order valence-corrected chi connectivity index (χ0v) is 10.6. The molecule has 1 aliphatic rings. The third kappa shape index (κ3) is 3.63. The maximum atomic E-state index is 12.8. The molecule has 0 amide bonds. The molecule has 0 radical (unpaired) electrons. The molecule has 2 atom stereocenters. The minimum Gasteiger partial charge on any atom is -0.481 e. The van der Waals surface area contributed by atoms with Crippen molar-refractivity contribution < 1.29 is 19.1 Å². The van der Waals surface area contributed by atoms with Crippen LogP contribution in [0.4, 0.5) is 4.39 Å². The fourth-order valence-corrected chi connectivity index (χ4v) is 2.72. The SMILES string of the molecule is O=C(CC1CCCC(C(=O)O)C1)c1ccc(F)cc1. The quantitative estimate of drug-likeness (QED) is 0.849. The van der Waals surface area contributed by atoms with E-state index in [1.807, 2.05) is 0 Å². The number of carbonyl (C=O) groups is 2. The van der Waals surface area contributed by atoms with Gasteiger partial charge in [-0.25, -0.2) is 4.39 Å². The fourth-order valence-electron chi connectivity index (χ4n) is 2.72. The molecule has 1 aromatic carbocycles. The van der Waals surface area contributed by atoms with Crippen molar-refractivity contribution in [2.75, 3.05) is 0 Å². The van der Waals surface area contributed by atoms with Gasteiger partial charge in [-0.05, 0) is 49.4 Å². The highest BCUT2D eigenvalue weighted by atomic mass is 19.1. The van der Waals surface area contributed by atoms with E-state index in [2.05, 4.69) is 0 Å². The molecule has 0 saturated heterocycles. The molecular formula is C15H17FO3. The second-order valence-corrected chi connectivity index (χ2v) is 5.20. The van der Waals surface area contributed by atoms with E-state index in [9.17, 15) is 14.0 Å². The zero-order valence-electron chi connectivity index (χ0n) is 10.6. The van der Waals surface area contributed by atoms with Crippen LogP contribution in [0.5, 0.6) is 0 Å². The Kier molecular flexibility index (Phi) is 4.30. The van der Waals surface area contributed by atoms with Gasteiger partial charge in [0.1, 0.15) is 5.82 Å². The number of benzene rings is 1. The number of hydrogen-bond acceptors (Lipinski definition) is 2. The molecule has 1 aliphatic carbocycles. The van der Waals surface area contributed by atoms with Gasteiger partial charge in [-0.15, -0.1) is 0 Å². The molecular weight excluding hydrogens is 247 g/mol. The summed E-state index contributed by atoms with van der Waals surface area (Å²) in [4.78, 5) is 23.0. The van der Waals surface area contributed by atoms with E-state index in [1.54, 1.807) is 0 Å². The van der Waals surface area contributed by atoms with Crippen LogP contribution >= 0.6 is 0 Å². The van der Waals surface area contributed by atoms with E-state index < -0.39 is 5.97 Å². The average molecular weight is 264 g/mol. The first-order valence-corrected chi connectivity index (χ1v) is 6.58. The van der Waals surface area contributed by atoms with Crippen molar-refractivity contribution in [1.29, 1.82) is 0 Å². The fraction of sp³-hybridized carbons (Fsp3) is 0.467. The molecule has 19 heavy (non-hydrogen) atoms. The van der Waals surface area contributed by atoms with Crippen LogP contribution in [-0.2, 0) is 4.79 Å². The number of hydrogen-bond donors (Lipinski definition) is 1. The molecule has 3 nitrogen and oxygen atoms in total. The monoisotopic (exact) mass is 264 g/mol. The lowest BCUT2D eigenvalue weighted by Crippen LogP contribution is -2.24. The number of carbonyl (C=O) groups excluding carboxylic acids is 1. The van der Waals surface area contributed by atoms with E-state index in [1.165, 1.54) is 24.3 Å². The van der Waals surface area contributed by atoms with E-state index in [0.717, 1.165) is 12.8 Å². The third-order valence-corrected chi connectivity index (χ3v) is 3.77. The summed E-state index contributed by atoms with van der Waals surface area (Å²) >= 11 is 0. The van der Waals surface area contributed by atoms with Crippen LogP contribution in [-0.4, -0.2) is 16.9 Å². The Hall–Kier alpha value is -1.71. The van der Waals surface area contributed by atoms with E-state index >= 15 is 0 Å². The Labute approximate surface area is 111 Å². The maximum Gasteiger partial charge on any atom is 0.306 e. The summed E-state index contributed by atoms with van der Waals surface area (Å²) in [5, 5.41) is 9.01. The lowest BCUT2D eigenvalue weighted by Gasteiger charge is -2.26. The van der Waals surface area contributed by atoms with Gasteiger partial charge in [0, 0.05) is 12.0 Å². The van der Waals surface area contributed by atoms with Crippen LogP contribution in [0.2, 0.25) is 0 Å². The second-order valence-electron chi connectivity index (χ2n) is 5.20. The number of carboxylic acids is 1. The first-order chi connectivity index (χ1) is 9.06. The first-order valence-electron chi connectivity index (χ1n) is 6.58. The van der Waals surface area contributed by atoms with Gasteiger partial charge in [-0.1, -0.05) is 6.42 Å². The van der Waals surface area contributed by atoms with Crippen LogP contribution in [0.1, 0.15) is 42.5 Å². The predicted molar refractivity (Wildman–Crippen MR) is 68.4 cm³/mol. The van der Waals surface area contributed by atoms with Gasteiger partial charge in [0.05, 0.1) is 5.92 Å². The highest BCUT2D eigenvalue weighted by molar-refractivity contribution is 5.96. The van der Waals surface area contributed by atoms with Crippen molar-refractivity contribution in [1.82, 2.24) is 0 Å². The maximum absolute atomic E-state index is 12.8. The highest BCUT2D eigenvalue weighted by Crippen LogP contribution is 2.32. The molecule has 1 saturated carbocycles. The molecule has 2 unspecified atom stereocenters. The Bertz CT molecular complexity index is 467.